The molecule has 0 saturated heterocycles. The predicted molar refractivity (Wildman–Crippen MR) is 94.3 cm³/mol. The van der Waals surface area contributed by atoms with Crippen LogP contribution in [0.3, 0.4) is 0 Å². The summed E-state index contributed by atoms with van der Waals surface area (Å²) in [5.41, 5.74) is 0.553. The first kappa shape index (κ1) is 15.0. The summed E-state index contributed by atoms with van der Waals surface area (Å²) in [5.74, 6) is -0.380. The Morgan fingerprint density at radius 2 is 1.75 bits per heavy atom. The largest absolute Gasteiger partial charge is 0.263 e. The maximum atomic E-state index is 13.2. The van der Waals surface area contributed by atoms with Crippen LogP contribution in [0, 0.1) is 5.82 Å². The Bertz CT molecular complexity index is 1170. The van der Waals surface area contributed by atoms with Gasteiger partial charge in [-0.25, -0.2) is 17.8 Å². The van der Waals surface area contributed by atoms with Gasteiger partial charge in [-0.05, 0) is 41.1 Å². The standard InChI is InChI=1S/C17H11FN2O2S2/c18-13-6-8-15-16(10-13)23-17(19-15)20-24(21,22)14-7-5-11-3-1-2-4-12(11)9-14/h1-10H,(H,19,20). The average Bonchev–Trinajstić information content (AvgIpc) is 2.94. The second-order valence-corrected chi connectivity index (χ2v) is 7.96. The molecule has 0 fully saturated rings. The zero-order valence-electron chi connectivity index (χ0n) is 12.2. The SMILES string of the molecule is O=S(=O)(Nc1nc2ccc(F)cc2s1)c1ccc2ccccc2c1. The number of hydrogen-bond acceptors (Lipinski definition) is 4. The molecule has 0 radical (unpaired) electrons. The first-order chi connectivity index (χ1) is 11.5. The van der Waals surface area contributed by atoms with Gasteiger partial charge in [-0.3, -0.25) is 4.72 Å². The van der Waals surface area contributed by atoms with Gasteiger partial charge >= 0.3 is 0 Å². The average molecular weight is 358 g/mol. The van der Waals surface area contributed by atoms with E-state index in [1.165, 1.54) is 18.2 Å². The number of benzene rings is 3. The third-order valence-electron chi connectivity index (χ3n) is 3.60. The van der Waals surface area contributed by atoms with Crippen LogP contribution in [0.1, 0.15) is 0 Å². The van der Waals surface area contributed by atoms with Crippen molar-refractivity contribution in [3.05, 3.63) is 66.5 Å². The minimum atomic E-state index is -3.76. The lowest BCUT2D eigenvalue weighted by Crippen LogP contribution is -2.12. The highest BCUT2D eigenvalue weighted by Gasteiger charge is 2.17. The van der Waals surface area contributed by atoms with Gasteiger partial charge < -0.3 is 0 Å². The topological polar surface area (TPSA) is 59.1 Å². The maximum Gasteiger partial charge on any atom is 0.263 e. The minimum Gasteiger partial charge on any atom is -0.255 e. The van der Waals surface area contributed by atoms with Crippen molar-refractivity contribution in [1.82, 2.24) is 4.98 Å². The molecule has 24 heavy (non-hydrogen) atoms. The molecule has 1 heterocycles. The third-order valence-corrected chi connectivity index (χ3v) is 6.00. The summed E-state index contributed by atoms with van der Waals surface area (Å²) < 4.78 is 41.4. The fourth-order valence-corrected chi connectivity index (χ4v) is 4.61. The fraction of sp³-hybridized carbons (Fsp3) is 0. The van der Waals surface area contributed by atoms with Gasteiger partial charge in [0.05, 0.1) is 15.1 Å². The molecule has 1 N–H and O–H groups in total. The number of anilines is 1. The molecule has 0 unspecified atom stereocenters. The monoisotopic (exact) mass is 358 g/mol. The fourth-order valence-electron chi connectivity index (χ4n) is 2.45. The van der Waals surface area contributed by atoms with E-state index in [9.17, 15) is 12.8 Å². The van der Waals surface area contributed by atoms with Crippen LogP contribution in [-0.4, -0.2) is 13.4 Å². The molecule has 0 bridgehead atoms. The van der Waals surface area contributed by atoms with E-state index in [0.29, 0.717) is 10.2 Å². The third kappa shape index (κ3) is 2.72. The van der Waals surface area contributed by atoms with Gasteiger partial charge in [-0.1, -0.05) is 41.7 Å². The van der Waals surface area contributed by atoms with Crippen molar-refractivity contribution in [2.24, 2.45) is 0 Å². The minimum absolute atomic E-state index is 0.159. The lowest BCUT2D eigenvalue weighted by atomic mass is 10.1. The molecule has 0 aliphatic heterocycles. The smallest absolute Gasteiger partial charge is 0.255 e. The molecule has 0 amide bonds. The number of halogens is 1. The Balaban J connectivity index is 1.72. The molecule has 4 nitrogen and oxygen atoms in total. The van der Waals surface area contributed by atoms with Crippen LogP contribution in [0.15, 0.2) is 65.6 Å². The number of nitrogens with one attached hydrogen (secondary N) is 1. The van der Waals surface area contributed by atoms with Crippen LogP contribution in [0.5, 0.6) is 0 Å². The summed E-state index contributed by atoms with van der Waals surface area (Å²) in [6.45, 7) is 0. The molecular weight excluding hydrogens is 347 g/mol. The van der Waals surface area contributed by atoms with Crippen molar-refractivity contribution >= 4 is 47.5 Å². The number of nitrogens with zero attached hydrogens (tertiary/aromatic N) is 1. The summed E-state index contributed by atoms with van der Waals surface area (Å²) in [4.78, 5) is 4.35. The van der Waals surface area contributed by atoms with Crippen LogP contribution in [0.4, 0.5) is 9.52 Å². The second kappa shape index (κ2) is 5.54. The highest BCUT2D eigenvalue weighted by Crippen LogP contribution is 2.28. The Morgan fingerprint density at radius 1 is 0.958 bits per heavy atom. The van der Waals surface area contributed by atoms with Crippen molar-refractivity contribution in [2.75, 3.05) is 4.72 Å². The van der Waals surface area contributed by atoms with E-state index in [1.54, 1.807) is 18.2 Å². The molecule has 3 aromatic carbocycles. The predicted octanol–water partition coefficient (Wildman–Crippen LogP) is 4.39. The summed E-state index contributed by atoms with van der Waals surface area (Å²) in [6.07, 6.45) is 0. The highest BCUT2D eigenvalue weighted by molar-refractivity contribution is 7.93. The molecule has 0 aliphatic rings. The number of sulfonamides is 1. The molecule has 7 heteroatoms. The zero-order chi connectivity index (χ0) is 16.7. The first-order valence-corrected chi connectivity index (χ1v) is 9.39. The van der Waals surface area contributed by atoms with Crippen molar-refractivity contribution in [3.63, 3.8) is 0 Å². The van der Waals surface area contributed by atoms with Gasteiger partial charge in [-0.2, -0.15) is 0 Å². The summed E-state index contributed by atoms with van der Waals surface area (Å²) in [7, 11) is -3.76. The van der Waals surface area contributed by atoms with Gasteiger partial charge in [0.1, 0.15) is 5.82 Å². The Kier molecular flexibility index (Phi) is 3.47. The van der Waals surface area contributed by atoms with E-state index in [2.05, 4.69) is 9.71 Å². The molecule has 0 atom stereocenters. The summed E-state index contributed by atoms with van der Waals surface area (Å²) >= 11 is 1.10. The lowest BCUT2D eigenvalue weighted by Gasteiger charge is -2.06. The van der Waals surface area contributed by atoms with E-state index in [1.807, 2.05) is 24.3 Å². The normalized spacial score (nSPS) is 11.9. The maximum absolute atomic E-state index is 13.2. The Labute approximate surface area is 141 Å². The van der Waals surface area contributed by atoms with Gasteiger partial charge in [0.15, 0.2) is 5.13 Å². The van der Waals surface area contributed by atoms with Crippen LogP contribution in [-0.2, 0) is 10.0 Å². The molecule has 0 aliphatic carbocycles. The van der Waals surface area contributed by atoms with E-state index in [4.69, 9.17) is 0 Å². The Hall–Kier alpha value is -2.51. The molecule has 120 valence electrons. The van der Waals surface area contributed by atoms with Crippen molar-refractivity contribution in [1.29, 1.82) is 0 Å². The molecule has 1 aromatic heterocycles. The number of aromatic nitrogens is 1. The van der Waals surface area contributed by atoms with E-state index >= 15 is 0 Å². The highest BCUT2D eigenvalue weighted by atomic mass is 32.2. The van der Waals surface area contributed by atoms with Crippen molar-refractivity contribution in [2.45, 2.75) is 4.90 Å². The number of rotatable bonds is 3. The zero-order valence-corrected chi connectivity index (χ0v) is 13.9. The van der Waals surface area contributed by atoms with Crippen LogP contribution in [0.2, 0.25) is 0 Å². The quantitative estimate of drug-likeness (QED) is 0.591. The summed E-state index contributed by atoms with van der Waals surface area (Å²) in [6, 6.07) is 16.6. The number of hydrogen-bond donors (Lipinski definition) is 1. The second-order valence-electron chi connectivity index (χ2n) is 5.25. The lowest BCUT2D eigenvalue weighted by molar-refractivity contribution is 0.601. The molecule has 0 saturated carbocycles. The van der Waals surface area contributed by atoms with E-state index in [0.717, 1.165) is 22.1 Å². The van der Waals surface area contributed by atoms with Crippen molar-refractivity contribution < 1.29 is 12.8 Å². The van der Waals surface area contributed by atoms with Gasteiger partial charge in [0.25, 0.3) is 10.0 Å². The molecule has 4 aromatic rings. The van der Waals surface area contributed by atoms with Gasteiger partial charge in [0, 0.05) is 0 Å². The number of fused-ring (bicyclic) bond motifs is 2. The molecule has 4 rings (SSSR count). The van der Waals surface area contributed by atoms with Crippen LogP contribution >= 0.6 is 11.3 Å². The van der Waals surface area contributed by atoms with Gasteiger partial charge in [0.2, 0.25) is 0 Å². The molecular formula is C17H11FN2O2S2. The summed E-state index contributed by atoms with van der Waals surface area (Å²) in [5, 5.41) is 2.02. The number of thiazole rings is 1. The van der Waals surface area contributed by atoms with Crippen LogP contribution < -0.4 is 4.72 Å². The first-order valence-electron chi connectivity index (χ1n) is 7.09. The van der Waals surface area contributed by atoms with Gasteiger partial charge in [-0.15, -0.1) is 0 Å². The Morgan fingerprint density at radius 3 is 2.58 bits per heavy atom. The van der Waals surface area contributed by atoms with Crippen molar-refractivity contribution in [3.8, 4) is 0 Å². The molecule has 0 spiro atoms. The van der Waals surface area contributed by atoms with E-state index in [-0.39, 0.29) is 15.8 Å². The van der Waals surface area contributed by atoms with Crippen LogP contribution in [0.25, 0.3) is 21.0 Å². The van der Waals surface area contributed by atoms with E-state index < -0.39 is 10.0 Å².